The fourth-order valence-corrected chi connectivity index (χ4v) is 2.73. The number of pyridine rings is 1. The highest BCUT2D eigenvalue weighted by molar-refractivity contribution is 5.93. The molecule has 4 heteroatoms. The highest BCUT2D eigenvalue weighted by atomic mass is 15.3. The normalized spacial score (nSPS) is 17.0. The fourth-order valence-electron chi connectivity index (χ4n) is 2.73. The number of hydrogen-bond acceptors (Lipinski definition) is 4. The summed E-state index contributed by atoms with van der Waals surface area (Å²) in [5.74, 6) is 0. The van der Waals surface area contributed by atoms with E-state index in [0.717, 1.165) is 43.9 Å². The van der Waals surface area contributed by atoms with Crippen LogP contribution in [0.4, 0.5) is 11.4 Å². The molecule has 2 heterocycles. The molecule has 1 saturated heterocycles. The molecule has 2 aromatic rings. The van der Waals surface area contributed by atoms with E-state index in [1.54, 1.807) is 0 Å². The fraction of sp³-hybridized carbons (Fsp3) is 0.400. The number of anilines is 2. The average molecular weight is 256 g/mol. The molecule has 19 heavy (non-hydrogen) atoms. The van der Waals surface area contributed by atoms with Crippen molar-refractivity contribution in [1.29, 1.82) is 0 Å². The highest BCUT2D eigenvalue weighted by Crippen LogP contribution is 2.27. The molecule has 0 unspecified atom stereocenters. The molecule has 4 nitrogen and oxygen atoms in total. The lowest BCUT2D eigenvalue weighted by atomic mass is 10.1. The minimum Gasteiger partial charge on any atom is -0.399 e. The zero-order valence-electron chi connectivity index (χ0n) is 11.3. The van der Waals surface area contributed by atoms with Crippen molar-refractivity contribution >= 4 is 22.3 Å². The lowest BCUT2D eigenvalue weighted by Crippen LogP contribution is -2.46. The van der Waals surface area contributed by atoms with Crippen molar-refractivity contribution in [2.45, 2.75) is 6.92 Å². The van der Waals surface area contributed by atoms with Gasteiger partial charge in [0.05, 0.1) is 5.52 Å². The number of aromatic nitrogens is 1. The Balaban J connectivity index is 1.93. The first-order valence-electron chi connectivity index (χ1n) is 6.89. The number of likely N-dealkylation sites (N-methyl/N-ethyl adjacent to an activating group) is 1. The molecule has 3 rings (SSSR count). The molecule has 1 aliphatic rings. The number of fused-ring (bicyclic) bond motifs is 1. The van der Waals surface area contributed by atoms with Gasteiger partial charge < -0.3 is 15.5 Å². The van der Waals surface area contributed by atoms with Crippen LogP contribution in [-0.2, 0) is 0 Å². The summed E-state index contributed by atoms with van der Waals surface area (Å²) in [5, 5.41) is 1.20. The third-order valence-corrected chi connectivity index (χ3v) is 3.90. The third-order valence-electron chi connectivity index (χ3n) is 3.90. The van der Waals surface area contributed by atoms with Gasteiger partial charge in [0.1, 0.15) is 0 Å². The van der Waals surface area contributed by atoms with Crippen LogP contribution in [0.25, 0.3) is 10.9 Å². The summed E-state index contributed by atoms with van der Waals surface area (Å²) in [6.45, 7) is 7.79. The Kier molecular flexibility index (Phi) is 3.25. The van der Waals surface area contributed by atoms with Gasteiger partial charge in [-0.25, -0.2) is 0 Å². The first-order chi connectivity index (χ1) is 9.28. The lowest BCUT2D eigenvalue weighted by molar-refractivity contribution is 0.271. The van der Waals surface area contributed by atoms with Crippen LogP contribution in [0.15, 0.2) is 30.5 Å². The molecule has 0 bridgehead atoms. The maximum absolute atomic E-state index is 5.83. The van der Waals surface area contributed by atoms with Crippen molar-refractivity contribution in [3.05, 3.63) is 30.5 Å². The summed E-state index contributed by atoms with van der Waals surface area (Å²) in [7, 11) is 0. The molecule has 0 saturated carbocycles. The zero-order valence-corrected chi connectivity index (χ0v) is 11.3. The summed E-state index contributed by atoms with van der Waals surface area (Å²) >= 11 is 0. The maximum atomic E-state index is 5.83. The topological polar surface area (TPSA) is 45.4 Å². The summed E-state index contributed by atoms with van der Waals surface area (Å²) in [6.07, 6.45) is 1.88. The van der Waals surface area contributed by atoms with Crippen molar-refractivity contribution in [2.75, 3.05) is 43.4 Å². The number of rotatable bonds is 2. The van der Waals surface area contributed by atoms with E-state index >= 15 is 0 Å². The van der Waals surface area contributed by atoms with Crippen molar-refractivity contribution in [3.8, 4) is 0 Å². The summed E-state index contributed by atoms with van der Waals surface area (Å²) in [5.41, 5.74) is 8.86. The van der Waals surface area contributed by atoms with Crippen molar-refractivity contribution in [3.63, 3.8) is 0 Å². The van der Waals surface area contributed by atoms with Gasteiger partial charge in [-0.15, -0.1) is 0 Å². The van der Waals surface area contributed by atoms with Crippen LogP contribution in [0.2, 0.25) is 0 Å². The van der Waals surface area contributed by atoms with Gasteiger partial charge in [-0.05, 0) is 30.8 Å². The number of hydrogen-bond donors (Lipinski definition) is 1. The molecule has 0 spiro atoms. The molecule has 0 atom stereocenters. The van der Waals surface area contributed by atoms with Crippen molar-refractivity contribution in [2.24, 2.45) is 0 Å². The van der Waals surface area contributed by atoms with E-state index in [4.69, 9.17) is 5.73 Å². The number of nitrogen functional groups attached to an aromatic ring is 1. The SMILES string of the molecule is CCN1CCN(c2ccnc3cc(N)ccc23)CC1. The van der Waals surface area contributed by atoms with Crippen LogP contribution in [0.1, 0.15) is 6.92 Å². The van der Waals surface area contributed by atoms with E-state index in [1.807, 2.05) is 18.3 Å². The van der Waals surface area contributed by atoms with Gasteiger partial charge >= 0.3 is 0 Å². The van der Waals surface area contributed by atoms with E-state index in [0.29, 0.717) is 0 Å². The second-order valence-electron chi connectivity index (χ2n) is 5.03. The van der Waals surface area contributed by atoms with Gasteiger partial charge in [0.2, 0.25) is 0 Å². The average Bonchev–Trinajstić information content (AvgIpc) is 2.46. The number of nitrogens with zero attached hydrogens (tertiary/aromatic N) is 3. The van der Waals surface area contributed by atoms with Crippen molar-refractivity contribution < 1.29 is 0 Å². The highest BCUT2D eigenvalue weighted by Gasteiger charge is 2.17. The van der Waals surface area contributed by atoms with E-state index < -0.39 is 0 Å². The molecule has 1 aromatic carbocycles. The Hall–Kier alpha value is -1.81. The van der Waals surface area contributed by atoms with E-state index in [-0.39, 0.29) is 0 Å². The van der Waals surface area contributed by atoms with E-state index in [1.165, 1.54) is 11.1 Å². The molecule has 0 aliphatic carbocycles. The van der Waals surface area contributed by atoms with Crippen LogP contribution in [0.3, 0.4) is 0 Å². The van der Waals surface area contributed by atoms with Crippen molar-refractivity contribution in [1.82, 2.24) is 9.88 Å². The quantitative estimate of drug-likeness (QED) is 0.834. The predicted octanol–water partition coefficient (Wildman–Crippen LogP) is 1.96. The lowest BCUT2D eigenvalue weighted by Gasteiger charge is -2.36. The Bertz CT molecular complexity index is 573. The number of piperazine rings is 1. The molecule has 1 fully saturated rings. The van der Waals surface area contributed by atoms with Gasteiger partial charge in [0.25, 0.3) is 0 Å². The Morgan fingerprint density at radius 1 is 1.16 bits per heavy atom. The largest absolute Gasteiger partial charge is 0.399 e. The van der Waals surface area contributed by atoms with Gasteiger partial charge in [0.15, 0.2) is 0 Å². The van der Waals surface area contributed by atoms with E-state index in [9.17, 15) is 0 Å². The molecule has 1 aliphatic heterocycles. The van der Waals surface area contributed by atoms with Crippen LogP contribution in [-0.4, -0.2) is 42.6 Å². The Morgan fingerprint density at radius 3 is 2.68 bits per heavy atom. The van der Waals surface area contributed by atoms with Crippen LogP contribution in [0, 0.1) is 0 Å². The summed E-state index contributed by atoms with van der Waals surface area (Å²) in [6, 6.07) is 8.09. The number of benzene rings is 1. The molecule has 0 radical (unpaired) electrons. The molecular formula is C15H20N4. The maximum Gasteiger partial charge on any atom is 0.0743 e. The molecule has 0 amide bonds. The minimum atomic E-state index is 0.771. The van der Waals surface area contributed by atoms with Gasteiger partial charge in [-0.2, -0.15) is 0 Å². The van der Waals surface area contributed by atoms with Crippen LogP contribution < -0.4 is 10.6 Å². The predicted molar refractivity (Wildman–Crippen MR) is 80.5 cm³/mol. The smallest absolute Gasteiger partial charge is 0.0743 e. The molecule has 100 valence electrons. The van der Waals surface area contributed by atoms with E-state index in [2.05, 4.69) is 33.8 Å². The first-order valence-corrected chi connectivity index (χ1v) is 6.89. The van der Waals surface area contributed by atoms with Gasteiger partial charge in [0, 0.05) is 49.1 Å². The second-order valence-corrected chi connectivity index (χ2v) is 5.03. The van der Waals surface area contributed by atoms with Gasteiger partial charge in [-0.1, -0.05) is 6.92 Å². The molecule has 2 N–H and O–H groups in total. The minimum absolute atomic E-state index is 0.771. The zero-order chi connectivity index (χ0) is 13.2. The molecular weight excluding hydrogens is 236 g/mol. The third kappa shape index (κ3) is 2.36. The van der Waals surface area contributed by atoms with Crippen LogP contribution in [0.5, 0.6) is 0 Å². The summed E-state index contributed by atoms with van der Waals surface area (Å²) < 4.78 is 0. The van der Waals surface area contributed by atoms with Gasteiger partial charge in [-0.3, -0.25) is 4.98 Å². The monoisotopic (exact) mass is 256 g/mol. The standard InChI is InChI=1S/C15H20N4/c1-2-18-7-9-19(10-8-18)15-5-6-17-14-11-12(16)3-4-13(14)15/h3-6,11H,2,7-10,16H2,1H3. The first kappa shape index (κ1) is 12.2. The van der Waals surface area contributed by atoms with Crippen LogP contribution >= 0.6 is 0 Å². The molecule has 1 aromatic heterocycles. The second kappa shape index (κ2) is 5.05. The summed E-state index contributed by atoms with van der Waals surface area (Å²) in [4.78, 5) is 9.35. The Morgan fingerprint density at radius 2 is 1.95 bits per heavy atom. The number of nitrogens with two attached hydrogens (primary N) is 1. The Labute approximate surface area is 113 Å².